The Labute approximate surface area is 164 Å². The SMILES string of the molecule is Cc1cc(S(=O)(=O)Nc2ccc3c(c2)N(C(=O)C2CCCC2)CC3)ccc1F. The van der Waals surface area contributed by atoms with Crippen molar-refractivity contribution in [2.24, 2.45) is 5.92 Å². The standard InChI is InChI=1S/C21H23FN2O3S/c1-14-12-18(8-9-19(14)22)28(26,27)23-17-7-6-15-10-11-24(20(15)13-17)21(25)16-4-2-3-5-16/h6-9,12-13,16,23H,2-5,10-11H2,1H3. The molecule has 1 heterocycles. The molecule has 1 amide bonds. The molecular weight excluding hydrogens is 379 g/mol. The second kappa shape index (κ2) is 7.20. The van der Waals surface area contributed by atoms with E-state index < -0.39 is 15.8 Å². The van der Waals surface area contributed by atoms with Crippen molar-refractivity contribution in [3.05, 3.63) is 53.3 Å². The highest BCUT2D eigenvalue weighted by molar-refractivity contribution is 7.92. The lowest BCUT2D eigenvalue weighted by atomic mass is 10.1. The number of nitrogens with one attached hydrogen (secondary N) is 1. The third-order valence-electron chi connectivity index (χ3n) is 5.64. The first-order valence-electron chi connectivity index (χ1n) is 9.58. The monoisotopic (exact) mass is 402 g/mol. The van der Waals surface area contributed by atoms with E-state index in [-0.39, 0.29) is 22.3 Å². The van der Waals surface area contributed by atoms with Gasteiger partial charge in [-0.25, -0.2) is 12.8 Å². The molecule has 4 rings (SSSR count). The summed E-state index contributed by atoms with van der Waals surface area (Å²) in [5.41, 5.74) is 2.50. The molecule has 0 saturated heterocycles. The van der Waals surface area contributed by atoms with Crippen molar-refractivity contribution < 1.29 is 17.6 Å². The van der Waals surface area contributed by atoms with Crippen LogP contribution in [0.4, 0.5) is 15.8 Å². The first kappa shape index (κ1) is 18.9. The first-order chi connectivity index (χ1) is 13.3. The molecule has 1 aliphatic heterocycles. The fraction of sp³-hybridized carbons (Fsp3) is 0.381. The van der Waals surface area contributed by atoms with E-state index >= 15 is 0 Å². The number of amides is 1. The molecule has 0 spiro atoms. The van der Waals surface area contributed by atoms with Crippen LogP contribution in [0.15, 0.2) is 41.3 Å². The number of aryl methyl sites for hydroxylation is 1. The summed E-state index contributed by atoms with van der Waals surface area (Å²) in [6.45, 7) is 2.16. The predicted octanol–water partition coefficient (Wildman–Crippen LogP) is 4.01. The number of benzene rings is 2. The van der Waals surface area contributed by atoms with Gasteiger partial charge >= 0.3 is 0 Å². The molecule has 2 aromatic rings. The quantitative estimate of drug-likeness (QED) is 0.840. The molecule has 2 aliphatic rings. The van der Waals surface area contributed by atoms with E-state index in [1.54, 1.807) is 17.0 Å². The molecule has 0 radical (unpaired) electrons. The Morgan fingerprint density at radius 2 is 1.89 bits per heavy atom. The largest absolute Gasteiger partial charge is 0.312 e. The van der Waals surface area contributed by atoms with Crippen molar-refractivity contribution >= 4 is 27.3 Å². The van der Waals surface area contributed by atoms with Crippen LogP contribution < -0.4 is 9.62 Å². The molecule has 0 aromatic heterocycles. The van der Waals surface area contributed by atoms with Gasteiger partial charge in [-0.2, -0.15) is 0 Å². The number of hydrogen-bond donors (Lipinski definition) is 1. The second-order valence-corrected chi connectivity index (χ2v) is 9.26. The number of anilines is 2. The zero-order chi connectivity index (χ0) is 19.9. The smallest absolute Gasteiger partial charge is 0.261 e. The first-order valence-corrected chi connectivity index (χ1v) is 11.1. The Morgan fingerprint density at radius 3 is 2.61 bits per heavy atom. The summed E-state index contributed by atoms with van der Waals surface area (Å²) >= 11 is 0. The summed E-state index contributed by atoms with van der Waals surface area (Å²) in [4.78, 5) is 14.7. The maximum atomic E-state index is 13.5. The third kappa shape index (κ3) is 3.51. The minimum Gasteiger partial charge on any atom is -0.312 e. The van der Waals surface area contributed by atoms with Crippen LogP contribution in [0.2, 0.25) is 0 Å². The van der Waals surface area contributed by atoms with E-state index in [0.717, 1.165) is 49.4 Å². The molecule has 0 atom stereocenters. The maximum Gasteiger partial charge on any atom is 0.261 e. The van der Waals surface area contributed by atoms with E-state index in [1.165, 1.54) is 19.1 Å². The van der Waals surface area contributed by atoms with Crippen LogP contribution in [0.5, 0.6) is 0 Å². The summed E-state index contributed by atoms with van der Waals surface area (Å²) < 4.78 is 41.4. The van der Waals surface area contributed by atoms with Crippen LogP contribution in [0, 0.1) is 18.7 Å². The lowest BCUT2D eigenvalue weighted by Gasteiger charge is -2.22. The van der Waals surface area contributed by atoms with Gasteiger partial charge < -0.3 is 4.90 Å². The number of hydrogen-bond acceptors (Lipinski definition) is 3. The Kier molecular flexibility index (Phi) is 4.87. The fourth-order valence-electron chi connectivity index (χ4n) is 4.06. The van der Waals surface area contributed by atoms with Crippen molar-refractivity contribution in [2.45, 2.75) is 43.9 Å². The van der Waals surface area contributed by atoms with Gasteiger partial charge in [0.25, 0.3) is 10.0 Å². The van der Waals surface area contributed by atoms with Crippen molar-refractivity contribution in [3.63, 3.8) is 0 Å². The summed E-state index contributed by atoms with van der Waals surface area (Å²) in [6.07, 6.45) is 4.82. The van der Waals surface area contributed by atoms with Crippen molar-refractivity contribution in [1.82, 2.24) is 0 Å². The minimum atomic E-state index is -3.84. The molecule has 7 heteroatoms. The number of carbonyl (C=O) groups is 1. The van der Waals surface area contributed by atoms with Gasteiger partial charge in [-0.15, -0.1) is 0 Å². The van der Waals surface area contributed by atoms with Crippen LogP contribution in [-0.2, 0) is 21.2 Å². The average Bonchev–Trinajstić information content (AvgIpc) is 3.32. The highest BCUT2D eigenvalue weighted by atomic mass is 32.2. The maximum absolute atomic E-state index is 13.5. The van der Waals surface area contributed by atoms with E-state index in [0.29, 0.717) is 12.2 Å². The number of halogens is 1. The summed E-state index contributed by atoms with van der Waals surface area (Å²) in [7, 11) is -3.84. The van der Waals surface area contributed by atoms with Crippen LogP contribution in [0.25, 0.3) is 0 Å². The number of rotatable bonds is 4. The molecule has 1 N–H and O–H groups in total. The number of carbonyl (C=O) groups excluding carboxylic acids is 1. The van der Waals surface area contributed by atoms with E-state index in [4.69, 9.17) is 0 Å². The van der Waals surface area contributed by atoms with Gasteiger partial charge in [-0.3, -0.25) is 9.52 Å². The van der Waals surface area contributed by atoms with Gasteiger partial charge in [-0.05, 0) is 67.6 Å². The zero-order valence-electron chi connectivity index (χ0n) is 15.7. The van der Waals surface area contributed by atoms with Crippen LogP contribution in [-0.4, -0.2) is 20.9 Å². The van der Waals surface area contributed by atoms with Crippen molar-refractivity contribution in [2.75, 3.05) is 16.2 Å². The lowest BCUT2D eigenvalue weighted by molar-refractivity contribution is -0.122. The fourth-order valence-corrected chi connectivity index (χ4v) is 5.20. The molecule has 1 aliphatic carbocycles. The molecule has 0 unspecified atom stereocenters. The third-order valence-corrected chi connectivity index (χ3v) is 7.02. The van der Waals surface area contributed by atoms with Crippen molar-refractivity contribution in [3.8, 4) is 0 Å². The number of fused-ring (bicyclic) bond motifs is 1. The zero-order valence-corrected chi connectivity index (χ0v) is 16.6. The Balaban J connectivity index is 1.59. The molecule has 148 valence electrons. The molecule has 5 nitrogen and oxygen atoms in total. The topological polar surface area (TPSA) is 66.5 Å². The van der Waals surface area contributed by atoms with Gasteiger partial charge in [-0.1, -0.05) is 18.9 Å². The van der Waals surface area contributed by atoms with Gasteiger partial charge in [0, 0.05) is 18.2 Å². The number of nitrogens with zero attached hydrogens (tertiary/aromatic N) is 1. The highest BCUT2D eigenvalue weighted by Crippen LogP contribution is 2.35. The van der Waals surface area contributed by atoms with Crippen LogP contribution >= 0.6 is 0 Å². The average molecular weight is 402 g/mol. The van der Waals surface area contributed by atoms with Gasteiger partial charge in [0.15, 0.2) is 0 Å². The molecule has 1 saturated carbocycles. The van der Waals surface area contributed by atoms with Crippen molar-refractivity contribution in [1.29, 1.82) is 0 Å². The Bertz CT molecular complexity index is 1030. The highest BCUT2D eigenvalue weighted by Gasteiger charge is 2.32. The van der Waals surface area contributed by atoms with E-state index in [9.17, 15) is 17.6 Å². The molecule has 28 heavy (non-hydrogen) atoms. The van der Waals surface area contributed by atoms with Crippen LogP contribution in [0.1, 0.15) is 36.8 Å². The lowest BCUT2D eigenvalue weighted by Crippen LogP contribution is -2.33. The Morgan fingerprint density at radius 1 is 1.14 bits per heavy atom. The predicted molar refractivity (Wildman–Crippen MR) is 106 cm³/mol. The van der Waals surface area contributed by atoms with E-state index in [2.05, 4.69) is 4.72 Å². The van der Waals surface area contributed by atoms with Gasteiger partial charge in [0.2, 0.25) is 5.91 Å². The molecule has 0 bridgehead atoms. The molecule has 2 aromatic carbocycles. The summed E-state index contributed by atoms with van der Waals surface area (Å²) in [5, 5.41) is 0. The van der Waals surface area contributed by atoms with Crippen LogP contribution in [0.3, 0.4) is 0 Å². The Hall–Kier alpha value is -2.41. The normalized spacial score (nSPS) is 17.0. The molecular formula is C21H23FN2O3S. The summed E-state index contributed by atoms with van der Waals surface area (Å²) in [6, 6.07) is 8.99. The number of sulfonamides is 1. The second-order valence-electron chi connectivity index (χ2n) is 7.58. The molecule has 1 fully saturated rings. The van der Waals surface area contributed by atoms with Gasteiger partial charge in [0.1, 0.15) is 5.82 Å². The van der Waals surface area contributed by atoms with Gasteiger partial charge in [0.05, 0.1) is 10.6 Å². The minimum absolute atomic E-state index is 0.00536. The van der Waals surface area contributed by atoms with E-state index in [1.807, 2.05) is 6.07 Å². The summed E-state index contributed by atoms with van der Waals surface area (Å²) in [5.74, 6) is -0.226.